The molecule has 0 aromatic carbocycles. The van der Waals surface area contributed by atoms with Crippen LogP contribution in [0.3, 0.4) is 0 Å². The molecular formula is C10H11NO2. The molecule has 1 heterocycles. The van der Waals surface area contributed by atoms with Crippen LogP contribution in [0.15, 0.2) is 0 Å². The Balaban J connectivity index is 2.23. The van der Waals surface area contributed by atoms with Crippen LogP contribution in [0.2, 0.25) is 0 Å². The quantitative estimate of drug-likeness (QED) is 0.429. The van der Waals surface area contributed by atoms with E-state index in [-0.39, 0.29) is 30.2 Å². The third-order valence-corrected chi connectivity index (χ3v) is 2.91. The van der Waals surface area contributed by atoms with Gasteiger partial charge >= 0.3 is 0 Å². The molecule has 3 nitrogen and oxygen atoms in total. The average molecular weight is 177 g/mol. The lowest BCUT2D eigenvalue weighted by Crippen LogP contribution is -2.46. The van der Waals surface area contributed by atoms with Gasteiger partial charge in [-0.05, 0) is 19.3 Å². The van der Waals surface area contributed by atoms with Gasteiger partial charge in [-0.15, -0.1) is 6.42 Å². The molecule has 13 heavy (non-hydrogen) atoms. The van der Waals surface area contributed by atoms with E-state index in [0.29, 0.717) is 0 Å². The number of hydrogen-bond donors (Lipinski definition) is 0. The molecule has 0 N–H and O–H groups in total. The molecule has 2 fully saturated rings. The van der Waals surface area contributed by atoms with E-state index >= 15 is 0 Å². The second-order valence-corrected chi connectivity index (χ2v) is 3.67. The van der Waals surface area contributed by atoms with Crippen LogP contribution in [0.25, 0.3) is 0 Å². The molecule has 1 aliphatic heterocycles. The summed E-state index contributed by atoms with van der Waals surface area (Å²) in [6, 6.07) is 0. The highest BCUT2D eigenvalue weighted by atomic mass is 16.2. The van der Waals surface area contributed by atoms with Crippen molar-refractivity contribution < 1.29 is 9.59 Å². The average Bonchev–Trinajstić information content (AvgIpc) is 2.56. The van der Waals surface area contributed by atoms with Gasteiger partial charge in [0.05, 0.1) is 6.54 Å². The van der Waals surface area contributed by atoms with Crippen molar-refractivity contribution >= 4 is 11.8 Å². The summed E-state index contributed by atoms with van der Waals surface area (Å²) < 4.78 is 0. The zero-order valence-corrected chi connectivity index (χ0v) is 7.32. The maximum atomic E-state index is 11.6. The number of likely N-dealkylation sites (tertiary alicyclic amines) is 1. The van der Waals surface area contributed by atoms with Crippen molar-refractivity contribution in [3.05, 3.63) is 0 Å². The van der Waals surface area contributed by atoms with E-state index in [2.05, 4.69) is 5.92 Å². The number of amides is 2. The smallest absolute Gasteiger partial charge is 0.233 e. The van der Waals surface area contributed by atoms with Gasteiger partial charge in [-0.1, -0.05) is 5.92 Å². The molecule has 2 atom stereocenters. The Morgan fingerprint density at radius 1 is 1.31 bits per heavy atom. The number of carbonyl (C=O) groups is 2. The standard InChI is InChI=1S/C10H11NO2/c1-2-5-11-9(12)7-3-4-8(6-7)10(11)13/h1,7-8H,3-6H2. The van der Waals surface area contributed by atoms with Crippen molar-refractivity contribution in [3.8, 4) is 12.3 Å². The zero-order valence-electron chi connectivity index (χ0n) is 7.32. The Kier molecular flexibility index (Phi) is 1.84. The predicted octanol–water partition coefficient (Wildman–Crippen LogP) is 0.405. The van der Waals surface area contributed by atoms with E-state index < -0.39 is 0 Å². The summed E-state index contributed by atoms with van der Waals surface area (Å²) in [5.74, 6) is 2.37. The molecule has 2 amide bonds. The van der Waals surface area contributed by atoms with E-state index in [9.17, 15) is 9.59 Å². The number of fused-ring (bicyclic) bond motifs is 2. The summed E-state index contributed by atoms with van der Waals surface area (Å²) in [6.45, 7) is 0.144. The van der Waals surface area contributed by atoms with E-state index in [1.165, 1.54) is 4.90 Å². The Hall–Kier alpha value is -1.30. The molecule has 2 unspecified atom stereocenters. The zero-order chi connectivity index (χ0) is 9.42. The van der Waals surface area contributed by atoms with E-state index in [1.807, 2.05) is 0 Å². The van der Waals surface area contributed by atoms with Crippen molar-refractivity contribution in [1.29, 1.82) is 0 Å². The lowest BCUT2D eigenvalue weighted by molar-refractivity contribution is -0.151. The molecule has 1 saturated carbocycles. The molecule has 2 aliphatic rings. The van der Waals surface area contributed by atoms with Crippen molar-refractivity contribution in [2.75, 3.05) is 6.54 Å². The first-order chi connectivity index (χ1) is 6.24. The normalized spacial score (nSPS) is 32.1. The molecule has 1 aliphatic carbocycles. The third-order valence-electron chi connectivity index (χ3n) is 2.91. The van der Waals surface area contributed by atoms with Gasteiger partial charge in [0.15, 0.2) is 0 Å². The van der Waals surface area contributed by atoms with Crippen molar-refractivity contribution in [2.24, 2.45) is 11.8 Å². The number of imide groups is 1. The molecule has 0 aromatic rings. The Bertz CT molecular complexity index is 281. The van der Waals surface area contributed by atoms with Crippen LogP contribution in [0.4, 0.5) is 0 Å². The van der Waals surface area contributed by atoms with Crippen LogP contribution in [0.5, 0.6) is 0 Å². The lowest BCUT2D eigenvalue weighted by atomic mass is 9.97. The van der Waals surface area contributed by atoms with Crippen LogP contribution in [0, 0.1) is 24.2 Å². The molecule has 2 bridgehead atoms. The minimum atomic E-state index is -0.0586. The first-order valence-electron chi connectivity index (χ1n) is 4.52. The summed E-state index contributed by atoms with van der Waals surface area (Å²) in [5.41, 5.74) is 0. The molecule has 3 heteroatoms. The van der Waals surface area contributed by atoms with Crippen molar-refractivity contribution in [3.63, 3.8) is 0 Å². The summed E-state index contributed by atoms with van der Waals surface area (Å²) in [6.07, 6.45) is 7.56. The number of nitrogens with zero attached hydrogens (tertiary/aromatic N) is 1. The highest BCUT2D eigenvalue weighted by Crippen LogP contribution is 2.37. The molecule has 2 rings (SSSR count). The largest absolute Gasteiger partial charge is 0.274 e. The topological polar surface area (TPSA) is 37.4 Å². The SMILES string of the molecule is C#CCN1C(=O)C2CCC(C2)C1=O. The van der Waals surface area contributed by atoms with Crippen molar-refractivity contribution in [2.45, 2.75) is 19.3 Å². The van der Waals surface area contributed by atoms with E-state index in [0.717, 1.165) is 19.3 Å². The lowest BCUT2D eigenvalue weighted by Gasteiger charge is -2.27. The highest BCUT2D eigenvalue weighted by molar-refractivity contribution is 6.01. The van der Waals surface area contributed by atoms with Gasteiger partial charge in [-0.3, -0.25) is 14.5 Å². The second kappa shape index (κ2) is 2.88. The Morgan fingerprint density at radius 2 is 1.85 bits per heavy atom. The van der Waals surface area contributed by atoms with Gasteiger partial charge in [0.25, 0.3) is 0 Å². The third kappa shape index (κ3) is 1.14. The number of terminal acetylenes is 1. The maximum absolute atomic E-state index is 11.6. The van der Waals surface area contributed by atoms with Crippen molar-refractivity contribution in [1.82, 2.24) is 4.90 Å². The minimum absolute atomic E-state index is 0.0586. The van der Waals surface area contributed by atoms with Gasteiger partial charge in [0.1, 0.15) is 0 Å². The summed E-state index contributed by atoms with van der Waals surface area (Å²) in [4.78, 5) is 24.4. The van der Waals surface area contributed by atoms with Gasteiger partial charge in [0.2, 0.25) is 11.8 Å². The molecule has 0 aromatic heterocycles. The first-order valence-corrected chi connectivity index (χ1v) is 4.52. The fraction of sp³-hybridized carbons (Fsp3) is 0.600. The van der Waals surface area contributed by atoms with Gasteiger partial charge in [-0.2, -0.15) is 0 Å². The minimum Gasteiger partial charge on any atom is -0.274 e. The number of carbonyl (C=O) groups excluding carboxylic acids is 2. The number of hydrogen-bond acceptors (Lipinski definition) is 2. The summed E-state index contributed by atoms with van der Waals surface area (Å²) in [7, 11) is 0. The molecule has 1 saturated heterocycles. The fourth-order valence-corrected chi connectivity index (χ4v) is 2.23. The molecular weight excluding hydrogens is 166 g/mol. The number of rotatable bonds is 1. The van der Waals surface area contributed by atoms with Gasteiger partial charge < -0.3 is 0 Å². The maximum Gasteiger partial charge on any atom is 0.233 e. The van der Waals surface area contributed by atoms with Crippen LogP contribution >= 0.6 is 0 Å². The summed E-state index contributed by atoms with van der Waals surface area (Å²) >= 11 is 0. The van der Waals surface area contributed by atoms with Crippen LogP contribution in [-0.2, 0) is 9.59 Å². The Labute approximate surface area is 77.1 Å². The molecule has 0 radical (unpaired) electrons. The van der Waals surface area contributed by atoms with Crippen LogP contribution in [0.1, 0.15) is 19.3 Å². The highest BCUT2D eigenvalue weighted by Gasteiger charge is 2.44. The van der Waals surface area contributed by atoms with Gasteiger partial charge in [0, 0.05) is 11.8 Å². The van der Waals surface area contributed by atoms with E-state index in [4.69, 9.17) is 6.42 Å². The van der Waals surface area contributed by atoms with Gasteiger partial charge in [-0.25, -0.2) is 0 Å². The van der Waals surface area contributed by atoms with Crippen LogP contribution in [-0.4, -0.2) is 23.3 Å². The van der Waals surface area contributed by atoms with E-state index in [1.54, 1.807) is 0 Å². The number of piperidine rings is 1. The first kappa shape index (κ1) is 8.31. The summed E-state index contributed by atoms with van der Waals surface area (Å²) in [5, 5.41) is 0. The predicted molar refractivity (Wildman–Crippen MR) is 46.4 cm³/mol. The fourth-order valence-electron chi connectivity index (χ4n) is 2.23. The van der Waals surface area contributed by atoms with Crippen LogP contribution < -0.4 is 0 Å². The Morgan fingerprint density at radius 3 is 2.31 bits per heavy atom. The monoisotopic (exact) mass is 177 g/mol. The molecule has 68 valence electrons. The molecule has 0 spiro atoms. The second-order valence-electron chi connectivity index (χ2n) is 3.67.